The van der Waals surface area contributed by atoms with Crippen molar-refractivity contribution in [1.29, 1.82) is 0 Å². The number of methoxy groups -OCH3 is 2. The first kappa shape index (κ1) is 14.4. The Bertz CT molecular complexity index is 861. The van der Waals surface area contributed by atoms with E-state index in [1.54, 1.807) is 14.2 Å². The van der Waals surface area contributed by atoms with Crippen LogP contribution in [0.1, 0.15) is 28.7 Å². The van der Waals surface area contributed by atoms with Gasteiger partial charge in [0.2, 0.25) is 0 Å². The zero-order valence-electron chi connectivity index (χ0n) is 14.2. The highest BCUT2D eigenvalue weighted by Gasteiger charge is 2.21. The average Bonchev–Trinajstić information content (AvgIpc) is 2.77. The molecule has 0 unspecified atom stereocenters. The van der Waals surface area contributed by atoms with Gasteiger partial charge >= 0.3 is 0 Å². The molecule has 1 aliphatic carbocycles. The summed E-state index contributed by atoms with van der Waals surface area (Å²) in [5, 5.41) is 5.28. The van der Waals surface area contributed by atoms with Crippen molar-refractivity contribution in [3.8, 4) is 11.5 Å². The van der Waals surface area contributed by atoms with Crippen LogP contribution >= 0.6 is 0 Å². The molecule has 4 rings (SSSR count). The summed E-state index contributed by atoms with van der Waals surface area (Å²) >= 11 is 0. The second-order valence-electron chi connectivity index (χ2n) is 6.46. The van der Waals surface area contributed by atoms with E-state index >= 15 is 0 Å². The number of hydrogen-bond acceptors (Lipinski definition) is 2. The van der Waals surface area contributed by atoms with Gasteiger partial charge in [-0.25, -0.2) is 0 Å². The first-order valence-corrected chi connectivity index (χ1v) is 8.25. The van der Waals surface area contributed by atoms with Crippen LogP contribution in [0, 0.1) is 13.8 Å². The van der Waals surface area contributed by atoms with Gasteiger partial charge in [-0.1, -0.05) is 12.1 Å². The normalized spacial score (nSPS) is 13.6. The quantitative estimate of drug-likeness (QED) is 0.612. The molecule has 0 radical (unpaired) electrons. The predicted octanol–water partition coefficient (Wildman–Crippen LogP) is 5.12. The van der Waals surface area contributed by atoms with E-state index in [0.717, 1.165) is 24.3 Å². The third-order valence-corrected chi connectivity index (χ3v) is 5.40. The Morgan fingerprint density at radius 3 is 1.48 bits per heavy atom. The van der Waals surface area contributed by atoms with Crippen molar-refractivity contribution < 1.29 is 9.47 Å². The van der Waals surface area contributed by atoms with Crippen LogP contribution < -0.4 is 9.47 Å². The molecular weight excluding hydrogens is 284 g/mol. The van der Waals surface area contributed by atoms with Gasteiger partial charge in [0.1, 0.15) is 11.5 Å². The van der Waals surface area contributed by atoms with E-state index < -0.39 is 0 Å². The van der Waals surface area contributed by atoms with Crippen molar-refractivity contribution >= 4 is 21.5 Å². The van der Waals surface area contributed by atoms with E-state index in [4.69, 9.17) is 9.47 Å². The monoisotopic (exact) mass is 306 g/mol. The zero-order valence-corrected chi connectivity index (χ0v) is 14.2. The van der Waals surface area contributed by atoms with Crippen LogP contribution in [-0.4, -0.2) is 14.2 Å². The van der Waals surface area contributed by atoms with Gasteiger partial charge in [-0.15, -0.1) is 0 Å². The van der Waals surface area contributed by atoms with E-state index in [1.165, 1.54) is 50.2 Å². The first-order valence-electron chi connectivity index (χ1n) is 8.25. The topological polar surface area (TPSA) is 18.5 Å². The lowest BCUT2D eigenvalue weighted by atomic mass is 9.88. The summed E-state index contributed by atoms with van der Waals surface area (Å²) in [4.78, 5) is 0. The molecular formula is C21H22O2. The van der Waals surface area contributed by atoms with Crippen molar-refractivity contribution in [2.24, 2.45) is 0 Å². The van der Waals surface area contributed by atoms with Gasteiger partial charge in [0, 0.05) is 10.8 Å². The molecule has 0 saturated heterocycles. The van der Waals surface area contributed by atoms with E-state index in [-0.39, 0.29) is 0 Å². The highest BCUT2D eigenvalue weighted by Crippen LogP contribution is 2.45. The van der Waals surface area contributed by atoms with E-state index in [0.29, 0.717) is 0 Å². The van der Waals surface area contributed by atoms with Gasteiger partial charge in [-0.2, -0.15) is 0 Å². The van der Waals surface area contributed by atoms with Crippen LogP contribution in [0.15, 0.2) is 24.3 Å². The summed E-state index contributed by atoms with van der Waals surface area (Å²) in [6.45, 7) is 4.40. The first-order chi connectivity index (χ1) is 11.2. The SMILES string of the molecule is COc1ccc2c3c1c(C)c(C)c1c(OC)ccc(c13)CCC2. The molecule has 23 heavy (non-hydrogen) atoms. The number of benzene rings is 3. The van der Waals surface area contributed by atoms with E-state index in [1.807, 2.05) is 0 Å². The number of aryl methyl sites for hydroxylation is 4. The van der Waals surface area contributed by atoms with Gasteiger partial charge in [0.05, 0.1) is 14.2 Å². The van der Waals surface area contributed by atoms with Gasteiger partial charge in [0.25, 0.3) is 0 Å². The Balaban J connectivity index is 2.37. The Labute approximate surface area is 137 Å². The van der Waals surface area contributed by atoms with Gasteiger partial charge < -0.3 is 9.47 Å². The molecule has 1 aliphatic rings. The molecule has 0 heterocycles. The fourth-order valence-electron chi connectivity index (χ4n) is 4.17. The highest BCUT2D eigenvalue weighted by atomic mass is 16.5. The minimum atomic E-state index is 0.974. The molecule has 0 aliphatic heterocycles. The third kappa shape index (κ3) is 1.87. The maximum atomic E-state index is 5.70. The summed E-state index contributed by atoms with van der Waals surface area (Å²) in [5.41, 5.74) is 5.45. The average molecular weight is 306 g/mol. The van der Waals surface area contributed by atoms with Crippen LogP contribution in [0.5, 0.6) is 11.5 Å². The van der Waals surface area contributed by atoms with Crippen molar-refractivity contribution in [2.75, 3.05) is 14.2 Å². The van der Waals surface area contributed by atoms with Crippen LogP contribution in [0.4, 0.5) is 0 Å². The zero-order chi connectivity index (χ0) is 16.1. The Hall–Kier alpha value is -2.22. The summed E-state index contributed by atoms with van der Waals surface area (Å²) in [6.07, 6.45) is 3.43. The lowest BCUT2D eigenvalue weighted by Gasteiger charge is -2.19. The molecule has 118 valence electrons. The second kappa shape index (κ2) is 5.16. The van der Waals surface area contributed by atoms with E-state index in [9.17, 15) is 0 Å². The number of rotatable bonds is 2. The van der Waals surface area contributed by atoms with E-state index in [2.05, 4.69) is 38.1 Å². The second-order valence-corrected chi connectivity index (χ2v) is 6.46. The largest absolute Gasteiger partial charge is 0.496 e. The number of hydrogen-bond donors (Lipinski definition) is 0. The van der Waals surface area contributed by atoms with Crippen LogP contribution in [0.3, 0.4) is 0 Å². The molecule has 0 saturated carbocycles. The molecule has 3 aromatic carbocycles. The summed E-state index contributed by atoms with van der Waals surface area (Å²) in [5.74, 6) is 1.95. The Morgan fingerprint density at radius 1 is 0.652 bits per heavy atom. The molecule has 2 nitrogen and oxygen atoms in total. The maximum Gasteiger partial charge on any atom is 0.127 e. The molecule has 0 spiro atoms. The van der Waals surface area contributed by atoms with Crippen molar-refractivity contribution in [1.82, 2.24) is 0 Å². The molecule has 0 N–H and O–H groups in total. The van der Waals surface area contributed by atoms with Crippen LogP contribution in [-0.2, 0) is 12.8 Å². The summed E-state index contributed by atoms with van der Waals surface area (Å²) < 4.78 is 11.4. The minimum Gasteiger partial charge on any atom is -0.496 e. The molecule has 0 aromatic heterocycles. The van der Waals surface area contributed by atoms with Crippen molar-refractivity contribution in [2.45, 2.75) is 33.1 Å². The predicted molar refractivity (Wildman–Crippen MR) is 96.1 cm³/mol. The Kier molecular flexibility index (Phi) is 3.22. The van der Waals surface area contributed by atoms with Crippen molar-refractivity contribution in [3.63, 3.8) is 0 Å². The lowest BCUT2D eigenvalue weighted by Crippen LogP contribution is -1.98. The van der Waals surface area contributed by atoms with Crippen molar-refractivity contribution in [3.05, 3.63) is 46.5 Å². The van der Waals surface area contributed by atoms with Gasteiger partial charge in [0.15, 0.2) is 0 Å². The Morgan fingerprint density at radius 2 is 1.09 bits per heavy atom. The maximum absolute atomic E-state index is 5.70. The van der Waals surface area contributed by atoms with Gasteiger partial charge in [-0.3, -0.25) is 0 Å². The minimum absolute atomic E-state index is 0.974. The lowest BCUT2D eigenvalue weighted by molar-refractivity contribution is 0.419. The number of ether oxygens (including phenoxy) is 2. The molecule has 0 bridgehead atoms. The molecule has 2 heteroatoms. The van der Waals surface area contributed by atoms with Crippen LogP contribution in [0.25, 0.3) is 21.5 Å². The summed E-state index contributed by atoms with van der Waals surface area (Å²) in [6, 6.07) is 8.73. The highest BCUT2D eigenvalue weighted by molar-refractivity contribution is 6.17. The fourth-order valence-corrected chi connectivity index (χ4v) is 4.17. The van der Waals surface area contributed by atoms with Crippen LogP contribution in [0.2, 0.25) is 0 Å². The smallest absolute Gasteiger partial charge is 0.127 e. The molecule has 3 aromatic rings. The molecule has 0 amide bonds. The third-order valence-electron chi connectivity index (χ3n) is 5.40. The molecule has 0 atom stereocenters. The van der Waals surface area contributed by atoms with Gasteiger partial charge in [-0.05, 0) is 78.3 Å². The standard InChI is InChI=1S/C21H22O2/c1-12-13(2)19-17(23-4)11-9-15-7-5-6-14-8-10-16(22-3)18(12)20(14)21(15)19/h8-11H,5-7H2,1-4H3. The fraction of sp³-hybridized carbons (Fsp3) is 0.333. The molecule has 0 fully saturated rings. The summed E-state index contributed by atoms with van der Waals surface area (Å²) in [7, 11) is 3.53.